The van der Waals surface area contributed by atoms with E-state index in [2.05, 4.69) is 5.32 Å². The summed E-state index contributed by atoms with van der Waals surface area (Å²) < 4.78 is 22.7. The van der Waals surface area contributed by atoms with Gasteiger partial charge in [0.05, 0.1) is 13.2 Å². The molecule has 0 spiro atoms. The molecule has 5 heteroatoms. The minimum absolute atomic E-state index is 0.697. The van der Waals surface area contributed by atoms with Gasteiger partial charge in [0.25, 0.3) is 0 Å². The number of ether oxygens (including phenoxy) is 2. The zero-order chi connectivity index (χ0) is 13.5. The maximum Gasteiger partial charge on any atom is 0.165 e. The van der Waals surface area contributed by atoms with Crippen molar-refractivity contribution in [2.24, 2.45) is 0 Å². The summed E-state index contributed by atoms with van der Waals surface area (Å²) in [5.74, 6) is 3.10. The fourth-order valence-corrected chi connectivity index (χ4v) is 2.61. The topological polar surface area (TPSA) is 47.6 Å². The lowest BCUT2D eigenvalue weighted by Gasteiger charge is -2.12. The highest BCUT2D eigenvalue weighted by Crippen LogP contribution is 2.32. The molecule has 4 nitrogen and oxygen atoms in total. The highest BCUT2D eigenvalue weighted by Gasteiger charge is 2.13. The maximum atomic E-state index is 11.3. The zero-order valence-electron chi connectivity index (χ0n) is 11.3. The molecule has 106 valence electrons. The monoisotopic (exact) mass is 283 g/mol. The molecule has 1 aromatic rings. The lowest BCUT2D eigenvalue weighted by atomic mass is 10.2. The molecule has 1 aliphatic heterocycles. The van der Waals surface area contributed by atoms with Crippen molar-refractivity contribution in [2.45, 2.75) is 19.9 Å². The predicted octanol–water partition coefficient (Wildman–Crippen LogP) is 1.71. The Morgan fingerprint density at radius 2 is 2.16 bits per heavy atom. The van der Waals surface area contributed by atoms with Crippen molar-refractivity contribution in [1.82, 2.24) is 5.32 Å². The second-order valence-corrected chi connectivity index (χ2v) is 6.27. The van der Waals surface area contributed by atoms with Gasteiger partial charge in [-0.1, -0.05) is 19.1 Å². The number of hydrogen-bond acceptors (Lipinski definition) is 4. The Kier molecular flexibility index (Phi) is 5.66. The summed E-state index contributed by atoms with van der Waals surface area (Å²) in [5.41, 5.74) is 1.10. The van der Waals surface area contributed by atoms with E-state index < -0.39 is 10.8 Å². The largest absolute Gasteiger partial charge is 0.490 e. The van der Waals surface area contributed by atoms with Crippen LogP contribution in [-0.2, 0) is 17.3 Å². The van der Waals surface area contributed by atoms with E-state index in [0.717, 1.165) is 35.8 Å². The van der Waals surface area contributed by atoms with Gasteiger partial charge in [-0.3, -0.25) is 4.21 Å². The molecule has 0 saturated carbocycles. The number of fused-ring (bicyclic) bond motifs is 1. The van der Waals surface area contributed by atoms with Crippen molar-refractivity contribution in [2.75, 3.05) is 31.3 Å². The summed E-state index contributed by atoms with van der Waals surface area (Å²) in [6.07, 6.45) is 0.914. The Hall–Kier alpha value is -1.07. The Labute approximate surface area is 116 Å². The van der Waals surface area contributed by atoms with Crippen molar-refractivity contribution in [3.8, 4) is 11.5 Å². The number of benzene rings is 1. The second kappa shape index (κ2) is 7.50. The molecule has 0 fully saturated rings. The van der Waals surface area contributed by atoms with Gasteiger partial charge in [0.1, 0.15) is 0 Å². The van der Waals surface area contributed by atoms with Gasteiger partial charge in [0.15, 0.2) is 11.5 Å². The molecule has 0 bridgehead atoms. The quantitative estimate of drug-likeness (QED) is 0.807. The number of para-hydroxylation sites is 1. The molecule has 0 radical (unpaired) electrons. The van der Waals surface area contributed by atoms with Crippen LogP contribution in [0.25, 0.3) is 0 Å². The molecule has 0 amide bonds. The molecule has 1 aliphatic rings. The van der Waals surface area contributed by atoms with Crippen LogP contribution < -0.4 is 14.8 Å². The van der Waals surface area contributed by atoms with E-state index in [1.54, 1.807) is 0 Å². The van der Waals surface area contributed by atoms with Gasteiger partial charge in [0, 0.05) is 47.4 Å². The first-order valence-electron chi connectivity index (χ1n) is 6.74. The van der Waals surface area contributed by atoms with Crippen LogP contribution in [0.4, 0.5) is 0 Å². The molecule has 1 heterocycles. The van der Waals surface area contributed by atoms with E-state index in [1.807, 2.05) is 25.1 Å². The van der Waals surface area contributed by atoms with Crippen LogP contribution in [0, 0.1) is 0 Å². The van der Waals surface area contributed by atoms with Crippen LogP contribution in [-0.4, -0.2) is 35.5 Å². The molecule has 1 aromatic carbocycles. The lowest BCUT2D eigenvalue weighted by molar-refractivity contribution is 0.296. The van der Waals surface area contributed by atoms with E-state index >= 15 is 0 Å². The van der Waals surface area contributed by atoms with Gasteiger partial charge >= 0.3 is 0 Å². The first-order valence-corrected chi connectivity index (χ1v) is 8.23. The fraction of sp³-hybridized carbons (Fsp3) is 0.571. The molecule has 1 unspecified atom stereocenters. The molecule has 19 heavy (non-hydrogen) atoms. The Balaban J connectivity index is 1.91. The van der Waals surface area contributed by atoms with Crippen molar-refractivity contribution in [3.63, 3.8) is 0 Å². The minimum atomic E-state index is -0.708. The van der Waals surface area contributed by atoms with Crippen LogP contribution in [0.15, 0.2) is 18.2 Å². The molecule has 1 atom stereocenters. The van der Waals surface area contributed by atoms with Gasteiger partial charge in [-0.2, -0.15) is 0 Å². The van der Waals surface area contributed by atoms with Crippen LogP contribution in [0.5, 0.6) is 11.5 Å². The smallest absolute Gasteiger partial charge is 0.165 e. The molecule has 0 saturated heterocycles. The summed E-state index contributed by atoms with van der Waals surface area (Å²) in [5, 5.41) is 3.31. The fourth-order valence-electron chi connectivity index (χ4n) is 1.95. The van der Waals surface area contributed by atoms with Crippen molar-refractivity contribution < 1.29 is 13.7 Å². The minimum Gasteiger partial charge on any atom is -0.490 e. The third-order valence-corrected chi connectivity index (χ3v) is 4.30. The van der Waals surface area contributed by atoms with Crippen LogP contribution in [0.2, 0.25) is 0 Å². The zero-order valence-corrected chi connectivity index (χ0v) is 12.1. The number of hydrogen-bond donors (Lipinski definition) is 1. The second-order valence-electron chi connectivity index (χ2n) is 4.40. The third-order valence-electron chi connectivity index (χ3n) is 3.00. The predicted molar refractivity (Wildman–Crippen MR) is 77.3 cm³/mol. The maximum absolute atomic E-state index is 11.3. The first kappa shape index (κ1) is 14.3. The summed E-state index contributed by atoms with van der Waals surface area (Å²) >= 11 is 0. The Morgan fingerprint density at radius 3 is 3.00 bits per heavy atom. The summed E-state index contributed by atoms with van der Waals surface area (Å²) in [7, 11) is -0.708. The van der Waals surface area contributed by atoms with Crippen LogP contribution in [0.3, 0.4) is 0 Å². The average molecular weight is 283 g/mol. The van der Waals surface area contributed by atoms with E-state index in [4.69, 9.17) is 9.47 Å². The van der Waals surface area contributed by atoms with Crippen LogP contribution in [0.1, 0.15) is 18.9 Å². The Bertz CT molecular complexity index is 437. The van der Waals surface area contributed by atoms with Gasteiger partial charge in [-0.25, -0.2) is 0 Å². The van der Waals surface area contributed by atoms with Gasteiger partial charge < -0.3 is 14.8 Å². The van der Waals surface area contributed by atoms with E-state index in [0.29, 0.717) is 25.5 Å². The number of nitrogens with one attached hydrogen (secondary N) is 1. The Morgan fingerprint density at radius 1 is 1.32 bits per heavy atom. The third kappa shape index (κ3) is 4.21. The van der Waals surface area contributed by atoms with E-state index in [9.17, 15) is 4.21 Å². The highest BCUT2D eigenvalue weighted by molar-refractivity contribution is 7.84. The summed E-state index contributed by atoms with van der Waals surface area (Å²) in [4.78, 5) is 0. The summed E-state index contributed by atoms with van der Waals surface area (Å²) in [6.45, 7) is 4.82. The molecule has 0 aliphatic carbocycles. The van der Waals surface area contributed by atoms with Gasteiger partial charge in [-0.05, 0) is 6.07 Å². The van der Waals surface area contributed by atoms with E-state index in [-0.39, 0.29) is 0 Å². The SMILES string of the molecule is CCS(=O)CCNCc1cccc2c1OCCCO2. The molecule has 2 rings (SSSR count). The molecular formula is C14H21NO3S. The highest BCUT2D eigenvalue weighted by atomic mass is 32.2. The van der Waals surface area contributed by atoms with Crippen LogP contribution >= 0.6 is 0 Å². The summed E-state index contributed by atoms with van der Waals surface area (Å²) in [6, 6.07) is 5.96. The van der Waals surface area contributed by atoms with E-state index in [1.165, 1.54) is 0 Å². The average Bonchev–Trinajstić information content (AvgIpc) is 2.69. The first-order chi connectivity index (χ1) is 9.31. The van der Waals surface area contributed by atoms with Crippen molar-refractivity contribution >= 4 is 10.8 Å². The lowest BCUT2D eigenvalue weighted by Crippen LogP contribution is -2.21. The normalized spacial score (nSPS) is 15.8. The van der Waals surface area contributed by atoms with Gasteiger partial charge in [-0.15, -0.1) is 0 Å². The number of rotatable bonds is 6. The van der Waals surface area contributed by atoms with Gasteiger partial charge in [0.2, 0.25) is 0 Å². The molecule has 0 aromatic heterocycles. The van der Waals surface area contributed by atoms with Crippen molar-refractivity contribution in [1.29, 1.82) is 0 Å². The van der Waals surface area contributed by atoms with Crippen molar-refractivity contribution in [3.05, 3.63) is 23.8 Å². The molecule has 1 N–H and O–H groups in total. The molecular weight excluding hydrogens is 262 g/mol. The standard InChI is InChI=1S/C14H21NO3S/c1-2-19(16)10-7-15-11-12-5-3-6-13-14(12)18-9-4-8-17-13/h3,5-6,15H,2,4,7-11H2,1H3.